The Kier molecular flexibility index (Phi) is 3.01. The highest BCUT2D eigenvalue weighted by Gasteiger charge is 2.26. The number of alkyl halides is 1. The quantitative estimate of drug-likeness (QED) is 0.540. The van der Waals surface area contributed by atoms with E-state index in [9.17, 15) is 4.79 Å². The fraction of sp³-hybridized carbons (Fsp3) is 0.417. The van der Waals surface area contributed by atoms with Crippen LogP contribution in [0.4, 0.5) is 0 Å². The molecule has 1 aromatic rings. The van der Waals surface area contributed by atoms with Crippen LogP contribution in [0, 0.1) is 13.8 Å². The smallest absolute Gasteiger partial charge is 0.183 e. The van der Waals surface area contributed by atoms with Gasteiger partial charge in [0, 0.05) is 5.56 Å². The first-order chi connectivity index (χ1) is 6.32. The van der Waals surface area contributed by atoms with E-state index < -0.39 is 4.87 Å². The third kappa shape index (κ3) is 2.36. The predicted octanol–water partition coefficient (Wildman–Crippen LogP) is 3.50. The molecular weight excluding hydrogens is 196 g/mol. The van der Waals surface area contributed by atoms with Gasteiger partial charge in [-0.05, 0) is 39.3 Å². The summed E-state index contributed by atoms with van der Waals surface area (Å²) in [5.41, 5.74) is 2.79. The molecule has 0 heterocycles. The minimum Gasteiger partial charge on any atom is -0.292 e. The molecule has 0 amide bonds. The molecule has 1 nitrogen and oxygen atoms in total. The van der Waals surface area contributed by atoms with Gasteiger partial charge in [0.25, 0.3) is 0 Å². The van der Waals surface area contributed by atoms with Crippen molar-refractivity contribution in [2.24, 2.45) is 0 Å². The summed E-state index contributed by atoms with van der Waals surface area (Å²) < 4.78 is 0. The maximum atomic E-state index is 11.9. The number of benzene rings is 1. The maximum Gasteiger partial charge on any atom is 0.183 e. The van der Waals surface area contributed by atoms with E-state index in [0.29, 0.717) is 0 Å². The minimum absolute atomic E-state index is 0.0135. The van der Waals surface area contributed by atoms with E-state index in [4.69, 9.17) is 11.6 Å². The van der Waals surface area contributed by atoms with Crippen LogP contribution in [-0.2, 0) is 0 Å². The zero-order valence-electron chi connectivity index (χ0n) is 9.02. The van der Waals surface area contributed by atoms with Gasteiger partial charge in [-0.2, -0.15) is 0 Å². The van der Waals surface area contributed by atoms with Crippen LogP contribution in [0.15, 0.2) is 18.2 Å². The van der Waals surface area contributed by atoms with Gasteiger partial charge in [-0.1, -0.05) is 17.7 Å². The van der Waals surface area contributed by atoms with Crippen molar-refractivity contribution in [3.05, 3.63) is 34.9 Å². The van der Waals surface area contributed by atoms with E-state index in [-0.39, 0.29) is 5.78 Å². The highest BCUT2D eigenvalue weighted by molar-refractivity contribution is 6.37. The van der Waals surface area contributed by atoms with Gasteiger partial charge in [-0.25, -0.2) is 0 Å². The molecule has 0 aliphatic heterocycles. The first-order valence-corrected chi connectivity index (χ1v) is 5.01. The zero-order chi connectivity index (χ0) is 10.9. The lowest BCUT2D eigenvalue weighted by Gasteiger charge is -2.16. The van der Waals surface area contributed by atoms with E-state index in [2.05, 4.69) is 0 Å². The Bertz CT molecular complexity index is 361. The Hall–Kier alpha value is -0.820. The van der Waals surface area contributed by atoms with Gasteiger partial charge < -0.3 is 0 Å². The second-order valence-corrected chi connectivity index (χ2v) is 5.06. The average Bonchev–Trinajstić information content (AvgIpc) is 2.06. The molecular formula is C12H15ClO. The molecule has 0 fully saturated rings. The largest absolute Gasteiger partial charge is 0.292 e. The van der Waals surface area contributed by atoms with E-state index in [1.165, 1.54) is 0 Å². The molecule has 1 aromatic carbocycles. The van der Waals surface area contributed by atoms with Crippen molar-refractivity contribution in [2.75, 3.05) is 0 Å². The molecule has 0 aliphatic carbocycles. The summed E-state index contributed by atoms with van der Waals surface area (Å²) in [4.78, 5) is 11.1. The number of halogens is 1. The number of rotatable bonds is 2. The number of aryl methyl sites for hydroxylation is 2. The lowest BCUT2D eigenvalue weighted by Crippen LogP contribution is -2.25. The Morgan fingerprint density at radius 2 is 1.86 bits per heavy atom. The van der Waals surface area contributed by atoms with Crippen molar-refractivity contribution in [3.63, 3.8) is 0 Å². The predicted molar refractivity (Wildman–Crippen MR) is 60.2 cm³/mol. The van der Waals surface area contributed by atoms with Crippen molar-refractivity contribution < 1.29 is 4.79 Å². The minimum atomic E-state index is -0.821. The Balaban J connectivity index is 3.19. The summed E-state index contributed by atoms with van der Waals surface area (Å²) in [5, 5.41) is 0. The van der Waals surface area contributed by atoms with Crippen LogP contribution in [0.3, 0.4) is 0 Å². The number of hydrogen-bond donors (Lipinski definition) is 0. The molecule has 0 aromatic heterocycles. The number of ketones is 1. The summed E-state index contributed by atoms with van der Waals surface area (Å²) in [7, 11) is 0. The number of carbonyl (C=O) groups is 1. The highest BCUT2D eigenvalue weighted by Crippen LogP contribution is 2.22. The van der Waals surface area contributed by atoms with Crippen LogP contribution in [0.25, 0.3) is 0 Å². The number of hydrogen-bond acceptors (Lipinski definition) is 1. The molecule has 2 heteroatoms. The second-order valence-electron chi connectivity index (χ2n) is 4.12. The third-order valence-corrected chi connectivity index (χ3v) is 2.35. The van der Waals surface area contributed by atoms with Gasteiger partial charge >= 0.3 is 0 Å². The molecule has 14 heavy (non-hydrogen) atoms. The van der Waals surface area contributed by atoms with Crippen molar-refractivity contribution in [1.82, 2.24) is 0 Å². The van der Waals surface area contributed by atoms with Crippen molar-refractivity contribution in [1.29, 1.82) is 0 Å². The van der Waals surface area contributed by atoms with Crippen LogP contribution in [0.1, 0.15) is 35.3 Å². The summed E-state index contributed by atoms with van der Waals surface area (Å²) in [6.07, 6.45) is 0. The molecule has 0 saturated heterocycles. The average molecular weight is 211 g/mol. The SMILES string of the molecule is Cc1ccc(C)c(C(=O)C(C)(C)Cl)c1. The van der Waals surface area contributed by atoms with E-state index in [1.54, 1.807) is 13.8 Å². The van der Waals surface area contributed by atoms with Crippen LogP contribution >= 0.6 is 11.6 Å². The first kappa shape index (κ1) is 11.3. The van der Waals surface area contributed by atoms with Crippen molar-refractivity contribution >= 4 is 17.4 Å². The summed E-state index contributed by atoms with van der Waals surface area (Å²) in [6, 6.07) is 5.83. The third-order valence-electron chi connectivity index (χ3n) is 2.18. The van der Waals surface area contributed by atoms with Crippen LogP contribution in [0.5, 0.6) is 0 Å². The van der Waals surface area contributed by atoms with Gasteiger partial charge in [0.1, 0.15) is 4.87 Å². The fourth-order valence-corrected chi connectivity index (χ4v) is 1.40. The fourth-order valence-electron chi connectivity index (χ4n) is 1.30. The van der Waals surface area contributed by atoms with Crippen LogP contribution in [0.2, 0.25) is 0 Å². The molecule has 0 unspecified atom stereocenters. The Labute approximate surface area is 90.1 Å². The van der Waals surface area contributed by atoms with Crippen LogP contribution < -0.4 is 0 Å². The molecule has 1 rings (SSSR count). The molecule has 76 valence electrons. The molecule has 0 bridgehead atoms. The monoisotopic (exact) mass is 210 g/mol. The molecule has 0 spiro atoms. The van der Waals surface area contributed by atoms with Gasteiger partial charge in [-0.3, -0.25) is 4.79 Å². The number of Topliss-reactive ketones (excluding diaryl/α,β-unsaturated/α-hetero) is 1. The topological polar surface area (TPSA) is 17.1 Å². The summed E-state index contributed by atoms with van der Waals surface area (Å²) >= 11 is 5.99. The van der Waals surface area contributed by atoms with Crippen molar-refractivity contribution in [2.45, 2.75) is 32.6 Å². The summed E-state index contributed by atoms with van der Waals surface area (Å²) in [6.45, 7) is 7.34. The normalized spacial score (nSPS) is 11.5. The summed E-state index contributed by atoms with van der Waals surface area (Å²) in [5.74, 6) is -0.0135. The molecule has 0 radical (unpaired) electrons. The van der Waals surface area contributed by atoms with Gasteiger partial charge in [0.2, 0.25) is 0 Å². The standard InChI is InChI=1S/C12H15ClO/c1-8-5-6-9(2)10(7-8)11(14)12(3,4)13/h5-7H,1-4H3. The lowest BCUT2D eigenvalue weighted by atomic mass is 9.95. The molecule has 0 aliphatic rings. The maximum absolute atomic E-state index is 11.9. The number of carbonyl (C=O) groups excluding carboxylic acids is 1. The first-order valence-electron chi connectivity index (χ1n) is 4.63. The lowest BCUT2D eigenvalue weighted by molar-refractivity contribution is 0.0954. The highest BCUT2D eigenvalue weighted by atomic mass is 35.5. The molecule has 0 atom stereocenters. The molecule has 0 saturated carbocycles. The van der Waals surface area contributed by atoms with Gasteiger partial charge in [0.15, 0.2) is 5.78 Å². The van der Waals surface area contributed by atoms with E-state index in [0.717, 1.165) is 16.7 Å². The second kappa shape index (κ2) is 3.74. The van der Waals surface area contributed by atoms with Gasteiger partial charge in [0.05, 0.1) is 0 Å². The Morgan fingerprint density at radius 3 is 2.36 bits per heavy atom. The zero-order valence-corrected chi connectivity index (χ0v) is 9.77. The van der Waals surface area contributed by atoms with Crippen molar-refractivity contribution in [3.8, 4) is 0 Å². The Morgan fingerprint density at radius 1 is 1.29 bits per heavy atom. The van der Waals surface area contributed by atoms with Gasteiger partial charge in [-0.15, -0.1) is 11.6 Å². The molecule has 0 N–H and O–H groups in total. The van der Waals surface area contributed by atoms with Crippen LogP contribution in [-0.4, -0.2) is 10.7 Å². The van der Waals surface area contributed by atoms with E-state index in [1.807, 2.05) is 32.0 Å². The van der Waals surface area contributed by atoms with E-state index >= 15 is 0 Å².